The van der Waals surface area contributed by atoms with Gasteiger partial charge < -0.3 is 14.2 Å². The summed E-state index contributed by atoms with van der Waals surface area (Å²) in [7, 11) is 1.43. The lowest BCUT2D eigenvalue weighted by molar-refractivity contribution is -0.141. The smallest absolute Gasteiger partial charge is 0.306 e. The van der Waals surface area contributed by atoms with Crippen LogP contribution in [0.5, 0.6) is 0 Å². The van der Waals surface area contributed by atoms with Crippen molar-refractivity contribution in [2.75, 3.05) is 39.8 Å². The molecule has 134 valence electrons. The molecule has 0 unspecified atom stereocenters. The molecule has 1 aliphatic heterocycles. The van der Waals surface area contributed by atoms with Gasteiger partial charge in [0.25, 0.3) is 0 Å². The van der Waals surface area contributed by atoms with Crippen LogP contribution < -0.4 is 0 Å². The monoisotopic (exact) mass is 344 g/mol. The van der Waals surface area contributed by atoms with Crippen molar-refractivity contribution >= 4 is 5.97 Å². The Morgan fingerprint density at radius 2 is 1.84 bits per heavy atom. The van der Waals surface area contributed by atoms with Crippen molar-refractivity contribution in [1.29, 1.82) is 0 Å². The molecular weight excluding hydrogens is 320 g/mol. The fourth-order valence-electron chi connectivity index (χ4n) is 2.85. The van der Waals surface area contributed by atoms with Crippen LogP contribution in [0.2, 0.25) is 0 Å². The van der Waals surface area contributed by atoms with E-state index in [1.807, 2.05) is 24.3 Å². The molecule has 2 heterocycles. The summed E-state index contributed by atoms with van der Waals surface area (Å²) in [5.41, 5.74) is 2.17. The Balaban J connectivity index is 1.48. The van der Waals surface area contributed by atoms with E-state index in [9.17, 15) is 4.79 Å². The van der Waals surface area contributed by atoms with Gasteiger partial charge in [-0.25, -0.2) is 0 Å². The molecule has 0 bridgehead atoms. The van der Waals surface area contributed by atoms with Gasteiger partial charge in [-0.15, -0.1) is 0 Å². The second kappa shape index (κ2) is 8.22. The number of methoxy groups -OCH3 is 1. The standard InChI is InChI=1S/C18H24N4O3/c1-14-3-5-15(6-4-14)18-19-16(25-20-18)13-22-11-9-21(10-12-22)8-7-17(23)24-2/h3-6H,7-13H2,1-2H3. The Bertz CT molecular complexity index is 691. The van der Waals surface area contributed by atoms with Crippen LogP contribution in [0.3, 0.4) is 0 Å². The van der Waals surface area contributed by atoms with Crippen LogP contribution in [-0.2, 0) is 16.1 Å². The number of aromatic nitrogens is 2. The average molecular weight is 344 g/mol. The molecule has 0 saturated carbocycles. The average Bonchev–Trinajstić information content (AvgIpc) is 3.10. The second-order valence-electron chi connectivity index (χ2n) is 6.32. The number of benzene rings is 1. The molecule has 1 saturated heterocycles. The summed E-state index contributed by atoms with van der Waals surface area (Å²) in [5, 5.41) is 4.08. The lowest BCUT2D eigenvalue weighted by Crippen LogP contribution is -2.46. The van der Waals surface area contributed by atoms with Crippen LogP contribution in [0.25, 0.3) is 11.4 Å². The summed E-state index contributed by atoms with van der Waals surface area (Å²) >= 11 is 0. The van der Waals surface area contributed by atoms with Crippen LogP contribution in [-0.4, -0.2) is 65.7 Å². The maximum absolute atomic E-state index is 11.2. The molecule has 1 aromatic carbocycles. The van der Waals surface area contributed by atoms with Gasteiger partial charge in [0.15, 0.2) is 0 Å². The van der Waals surface area contributed by atoms with Crippen molar-refractivity contribution in [3.8, 4) is 11.4 Å². The minimum atomic E-state index is -0.156. The molecule has 2 aromatic rings. The van der Waals surface area contributed by atoms with Crippen molar-refractivity contribution in [2.45, 2.75) is 19.9 Å². The fraction of sp³-hybridized carbons (Fsp3) is 0.500. The Morgan fingerprint density at radius 1 is 1.16 bits per heavy atom. The van der Waals surface area contributed by atoms with Crippen LogP contribution in [0.4, 0.5) is 0 Å². The summed E-state index contributed by atoms with van der Waals surface area (Å²) in [6.45, 7) is 7.15. The number of carbonyl (C=O) groups is 1. The molecule has 0 spiro atoms. The van der Waals surface area contributed by atoms with E-state index in [0.29, 0.717) is 24.7 Å². The van der Waals surface area contributed by atoms with Crippen molar-refractivity contribution < 1.29 is 14.1 Å². The highest BCUT2D eigenvalue weighted by atomic mass is 16.5. The number of hydrogen-bond acceptors (Lipinski definition) is 7. The van der Waals surface area contributed by atoms with Gasteiger partial charge in [0.1, 0.15) is 0 Å². The van der Waals surface area contributed by atoms with Crippen LogP contribution in [0.1, 0.15) is 17.9 Å². The first-order valence-corrected chi connectivity index (χ1v) is 8.55. The number of carbonyl (C=O) groups excluding carboxylic acids is 1. The highest BCUT2D eigenvalue weighted by Crippen LogP contribution is 2.17. The molecule has 1 aromatic heterocycles. The van der Waals surface area contributed by atoms with Gasteiger partial charge in [0, 0.05) is 38.3 Å². The normalized spacial score (nSPS) is 16.1. The number of piperazine rings is 1. The van der Waals surface area contributed by atoms with E-state index in [0.717, 1.165) is 38.3 Å². The van der Waals surface area contributed by atoms with Crippen LogP contribution >= 0.6 is 0 Å². The van der Waals surface area contributed by atoms with Gasteiger partial charge >= 0.3 is 5.97 Å². The number of nitrogens with zero attached hydrogens (tertiary/aromatic N) is 4. The van der Waals surface area contributed by atoms with Crippen molar-refractivity contribution in [3.63, 3.8) is 0 Å². The molecular formula is C18H24N4O3. The Morgan fingerprint density at radius 3 is 2.52 bits per heavy atom. The zero-order valence-electron chi connectivity index (χ0n) is 14.8. The van der Waals surface area contributed by atoms with Gasteiger partial charge in [-0.05, 0) is 6.92 Å². The maximum atomic E-state index is 11.2. The topological polar surface area (TPSA) is 71.7 Å². The first kappa shape index (κ1) is 17.6. The Kier molecular flexibility index (Phi) is 5.78. The highest BCUT2D eigenvalue weighted by molar-refractivity contribution is 5.69. The quantitative estimate of drug-likeness (QED) is 0.739. The largest absolute Gasteiger partial charge is 0.469 e. The zero-order valence-corrected chi connectivity index (χ0v) is 14.8. The van der Waals surface area contributed by atoms with Gasteiger partial charge in [0.05, 0.1) is 20.1 Å². The van der Waals surface area contributed by atoms with Gasteiger partial charge in [-0.1, -0.05) is 35.0 Å². The van der Waals surface area contributed by atoms with Crippen molar-refractivity contribution in [1.82, 2.24) is 19.9 Å². The third-order valence-electron chi connectivity index (χ3n) is 4.46. The summed E-state index contributed by atoms with van der Waals surface area (Å²) in [4.78, 5) is 20.3. The molecule has 0 amide bonds. The summed E-state index contributed by atoms with van der Waals surface area (Å²) in [6.07, 6.45) is 0.445. The Hall–Kier alpha value is -2.25. The third kappa shape index (κ3) is 4.87. The predicted molar refractivity (Wildman–Crippen MR) is 92.8 cm³/mol. The molecule has 1 fully saturated rings. The van der Waals surface area contributed by atoms with Gasteiger partial charge in [-0.3, -0.25) is 9.69 Å². The van der Waals surface area contributed by atoms with E-state index in [1.54, 1.807) is 0 Å². The van der Waals surface area contributed by atoms with E-state index >= 15 is 0 Å². The number of rotatable bonds is 6. The molecule has 25 heavy (non-hydrogen) atoms. The molecule has 7 heteroatoms. The number of esters is 1. The molecule has 0 N–H and O–H groups in total. The van der Waals surface area contributed by atoms with Gasteiger partial charge in [0.2, 0.25) is 11.7 Å². The second-order valence-corrected chi connectivity index (χ2v) is 6.32. The number of aryl methyl sites for hydroxylation is 1. The molecule has 0 radical (unpaired) electrons. The SMILES string of the molecule is COC(=O)CCN1CCN(Cc2nc(-c3ccc(C)cc3)no2)CC1. The number of ether oxygens (including phenoxy) is 1. The van der Waals surface area contributed by atoms with Crippen molar-refractivity contribution in [3.05, 3.63) is 35.7 Å². The van der Waals surface area contributed by atoms with Crippen LogP contribution in [0, 0.1) is 6.92 Å². The lowest BCUT2D eigenvalue weighted by Gasteiger charge is -2.33. The summed E-state index contributed by atoms with van der Waals surface area (Å²) in [5.74, 6) is 1.11. The Labute approximate surface area is 147 Å². The molecule has 0 atom stereocenters. The van der Waals surface area contributed by atoms with E-state index in [1.165, 1.54) is 12.7 Å². The molecule has 7 nitrogen and oxygen atoms in total. The fourth-order valence-corrected chi connectivity index (χ4v) is 2.85. The van der Waals surface area contributed by atoms with Crippen LogP contribution in [0.15, 0.2) is 28.8 Å². The highest BCUT2D eigenvalue weighted by Gasteiger charge is 2.20. The molecule has 0 aliphatic carbocycles. The maximum Gasteiger partial charge on any atom is 0.306 e. The summed E-state index contributed by atoms with van der Waals surface area (Å²) in [6, 6.07) is 8.09. The van der Waals surface area contributed by atoms with Crippen molar-refractivity contribution in [2.24, 2.45) is 0 Å². The van der Waals surface area contributed by atoms with E-state index in [4.69, 9.17) is 4.52 Å². The predicted octanol–water partition coefficient (Wildman–Crippen LogP) is 1.73. The minimum absolute atomic E-state index is 0.156. The first-order chi connectivity index (χ1) is 12.1. The summed E-state index contributed by atoms with van der Waals surface area (Å²) < 4.78 is 10.1. The zero-order chi connectivity index (χ0) is 17.6. The molecule has 3 rings (SSSR count). The first-order valence-electron chi connectivity index (χ1n) is 8.55. The van der Waals surface area contributed by atoms with E-state index < -0.39 is 0 Å². The minimum Gasteiger partial charge on any atom is -0.469 e. The van der Waals surface area contributed by atoms with E-state index in [2.05, 4.69) is 31.6 Å². The molecule has 1 aliphatic rings. The van der Waals surface area contributed by atoms with E-state index in [-0.39, 0.29) is 5.97 Å². The lowest BCUT2D eigenvalue weighted by atomic mass is 10.1. The third-order valence-corrected chi connectivity index (χ3v) is 4.46. The number of hydrogen-bond donors (Lipinski definition) is 0. The van der Waals surface area contributed by atoms with Gasteiger partial charge in [-0.2, -0.15) is 4.98 Å².